The molecule has 3 N–H and O–H groups in total. The maximum absolute atomic E-state index is 8.87. The van der Waals surface area contributed by atoms with E-state index in [0.29, 0.717) is 6.54 Å². The summed E-state index contributed by atoms with van der Waals surface area (Å²) in [4.78, 5) is 2.26. The molecule has 1 heterocycles. The second kappa shape index (κ2) is 6.20. The van der Waals surface area contributed by atoms with Crippen LogP contribution in [-0.4, -0.2) is 28.5 Å². The van der Waals surface area contributed by atoms with Crippen LogP contribution in [0.2, 0.25) is 0 Å². The number of benzene rings is 2. The summed E-state index contributed by atoms with van der Waals surface area (Å²) in [6.07, 6.45) is 0. The van der Waals surface area contributed by atoms with Gasteiger partial charge >= 0.3 is 0 Å². The van der Waals surface area contributed by atoms with E-state index in [1.807, 2.05) is 6.07 Å². The highest BCUT2D eigenvalue weighted by molar-refractivity contribution is 5.81. The summed E-state index contributed by atoms with van der Waals surface area (Å²) in [6.45, 7) is 3.49. The Labute approximate surface area is 130 Å². The molecule has 0 spiro atoms. The Balaban J connectivity index is 2.02. The van der Waals surface area contributed by atoms with Crippen LogP contribution in [0.25, 0.3) is 0 Å². The smallest absolute Gasteiger partial charge is 0.153 e. The number of hydrogen-bond donors (Lipinski definition) is 2. The fourth-order valence-corrected chi connectivity index (χ4v) is 3.37. The van der Waals surface area contributed by atoms with Gasteiger partial charge in [0.2, 0.25) is 0 Å². The van der Waals surface area contributed by atoms with Gasteiger partial charge in [-0.1, -0.05) is 59.8 Å². The van der Waals surface area contributed by atoms with Crippen LogP contribution in [0.1, 0.15) is 29.5 Å². The zero-order valence-electron chi connectivity index (χ0n) is 12.7. The van der Waals surface area contributed by atoms with Gasteiger partial charge in [-0.15, -0.1) is 0 Å². The molecule has 2 unspecified atom stereocenters. The van der Waals surface area contributed by atoms with Gasteiger partial charge in [0.1, 0.15) is 0 Å². The van der Waals surface area contributed by atoms with Crippen molar-refractivity contribution in [2.45, 2.75) is 25.4 Å². The molecule has 4 nitrogen and oxygen atoms in total. The van der Waals surface area contributed by atoms with Crippen molar-refractivity contribution in [3.05, 3.63) is 71.3 Å². The molecule has 22 heavy (non-hydrogen) atoms. The fourth-order valence-electron chi connectivity index (χ4n) is 3.37. The Kier molecular flexibility index (Phi) is 4.11. The first-order valence-corrected chi connectivity index (χ1v) is 7.54. The van der Waals surface area contributed by atoms with E-state index in [2.05, 4.69) is 65.5 Å². The number of hydrogen-bond acceptors (Lipinski definition) is 3. The number of amidine groups is 1. The summed E-state index contributed by atoms with van der Waals surface area (Å²) in [7, 11) is 0. The van der Waals surface area contributed by atoms with Gasteiger partial charge in [0.05, 0.1) is 6.54 Å². The zero-order chi connectivity index (χ0) is 15.5. The van der Waals surface area contributed by atoms with Crippen molar-refractivity contribution in [3.63, 3.8) is 0 Å². The van der Waals surface area contributed by atoms with Crippen LogP contribution < -0.4 is 5.73 Å². The van der Waals surface area contributed by atoms with E-state index in [0.717, 1.165) is 6.54 Å². The van der Waals surface area contributed by atoms with Crippen molar-refractivity contribution in [1.82, 2.24) is 4.90 Å². The molecule has 0 bridgehead atoms. The normalized spacial score (nSPS) is 22.3. The lowest BCUT2D eigenvalue weighted by Crippen LogP contribution is -2.45. The first-order valence-electron chi connectivity index (χ1n) is 7.54. The third-order valence-corrected chi connectivity index (χ3v) is 4.47. The Hall–Kier alpha value is -2.33. The molecule has 2 atom stereocenters. The minimum absolute atomic E-state index is 0.248. The minimum atomic E-state index is 0.248. The van der Waals surface area contributed by atoms with Gasteiger partial charge in [-0.25, -0.2) is 0 Å². The highest BCUT2D eigenvalue weighted by Gasteiger charge is 2.33. The molecule has 114 valence electrons. The van der Waals surface area contributed by atoms with Crippen LogP contribution >= 0.6 is 0 Å². The number of nitrogens with two attached hydrogens (primary N) is 1. The molecule has 2 aromatic rings. The van der Waals surface area contributed by atoms with Gasteiger partial charge < -0.3 is 10.9 Å². The number of fused-ring (bicyclic) bond motifs is 1. The molecule has 0 aliphatic carbocycles. The minimum Gasteiger partial charge on any atom is -0.409 e. The van der Waals surface area contributed by atoms with Crippen molar-refractivity contribution in [2.24, 2.45) is 10.9 Å². The second-order valence-electron chi connectivity index (χ2n) is 5.82. The van der Waals surface area contributed by atoms with E-state index in [-0.39, 0.29) is 17.8 Å². The molecule has 0 saturated heterocycles. The number of oxime groups is 1. The van der Waals surface area contributed by atoms with E-state index in [1.165, 1.54) is 16.7 Å². The molecular weight excluding hydrogens is 274 g/mol. The lowest BCUT2D eigenvalue weighted by molar-refractivity contribution is 0.191. The first kappa shape index (κ1) is 14.6. The molecular formula is C18H21N3O. The summed E-state index contributed by atoms with van der Waals surface area (Å²) in [5.41, 5.74) is 9.70. The Morgan fingerprint density at radius 1 is 1.18 bits per heavy atom. The average molecular weight is 295 g/mol. The summed E-state index contributed by atoms with van der Waals surface area (Å²) >= 11 is 0. The molecule has 0 amide bonds. The van der Waals surface area contributed by atoms with E-state index in [9.17, 15) is 0 Å². The van der Waals surface area contributed by atoms with Crippen molar-refractivity contribution >= 4 is 5.84 Å². The molecule has 3 rings (SSSR count). The molecule has 1 aliphatic rings. The van der Waals surface area contributed by atoms with Crippen molar-refractivity contribution < 1.29 is 5.21 Å². The predicted octanol–water partition coefficient (Wildman–Crippen LogP) is 2.77. The average Bonchev–Trinajstić information content (AvgIpc) is 2.56. The van der Waals surface area contributed by atoms with Gasteiger partial charge in [-0.2, -0.15) is 0 Å². The molecule has 0 radical (unpaired) electrons. The van der Waals surface area contributed by atoms with Crippen LogP contribution in [0.15, 0.2) is 59.8 Å². The molecule has 0 fully saturated rings. The lowest BCUT2D eigenvalue weighted by atomic mass is 9.79. The maximum atomic E-state index is 8.87. The lowest BCUT2D eigenvalue weighted by Gasteiger charge is -2.40. The monoisotopic (exact) mass is 295 g/mol. The van der Waals surface area contributed by atoms with Gasteiger partial charge in [0, 0.05) is 18.5 Å². The van der Waals surface area contributed by atoms with Crippen molar-refractivity contribution in [1.29, 1.82) is 0 Å². The van der Waals surface area contributed by atoms with Crippen LogP contribution in [-0.2, 0) is 6.54 Å². The van der Waals surface area contributed by atoms with Crippen LogP contribution in [0.4, 0.5) is 0 Å². The summed E-state index contributed by atoms with van der Waals surface area (Å²) in [6, 6.07) is 19.4. The number of nitrogens with zero attached hydrogens (tertiary/aromatic N) is 2. The number of rotatable bonds is 3. The molecule has 0 saturated carbocycles. The SMILES string of the molecule is CC1C(c2ccccc2)c2ccccc2CN1C/C(N)=N/O. The summed E-state index contributed by atoms with van der Waals surface area (Å²) in [5, 5.41) is 12.0. The summed E-state index contributed by atoms with van der Waals surface area (Å²) in [5.74, 6) is 0.538. The van der Waals surface area contributed by atoms with E-state index in [1.54, 1.807) is 0 Å². The largest absolute Gasteiger partial charge is 0.409 e. The Morgan fingerprint density at radius 2 is 1.86 bits per heavy atom. The van der Waals surface area contributed by atoms with Gasteiger partial charge in [-0.3, -0.25) is 4.90 Å². The molecule has 2 aromatic carbocycles. The van der Waals surface area contributed by atoms with E-state index >= 15 is 0 Å². The molecule has 1 aliphatic heterocycles. The quantitative estimate of drug-likeness (QED) is 0.396. The third-order valence-electron chi connectivity index (χ3n) is 4.47. The van der Waals surface area contributed by atoms with Crippen LogP contribution in [0.3, 0.4) is 0 Å². The van der Waals surface area contributed by atoms with Crippen LogP contribution in [0, 0.1) is 0 Å². The topological polar surface area (TPSA) is 61.8 Å². The first-order chi connectivity index (χ1) is 10.7. The van der Waals surface area contributed by atoms with E-state index < -0.39 is 0 Å². The van der Waals surface area contributed by atoms with Gasteiger partial charge in [0.25, 0.3) is 0 Å². The summed E-state index contributed by atoms with van der Waals surface area (Å²) < 4.78 is 0. The standard InChI is InChI=1S/C18H21N3O/c1-13-18(14-7-3-2-4-8-14)16-10-6-5-9-15(16)11-21(13)12-17(19)20-22/h2-10,13,18,22H,11-12H2,1H3,(H2,19,20). The predicted molar refractivity (Wildman–Crippen MR) is 88.0 cm³/mol. The highest BCUT2D eigenvalue weighted by atomic mass is 16.4. The Morgan fingerprint density at radius 3 is 2.59 bits per heavy atom. The second-order valence-corrected chi connectivity index (χ2v) is 5.82. The van der Waals surface area contributed by atoms with Gasteiger partial charge in [0.15, 0.2) is 5.84 Å². The van der Waals surface area contributed by atoms with Crippen LogP contribution in [0.5, 0.6) is 0 Å². The Bertz CT molecular complexity index is 669. The fraction of sp³-hybridized carbons (Fsp3) is 0.278. The third kappa shape index (κ3) is 2.70. The molecule has 0 aromatic heterocycles. The van der Waals surface area contributed by atoms with Crippen molar-refractivity contribution in [3.8, 4) is 0 Å². The van der Waals surface area contributed by atoms with Gasteiger partial charge in [-0.05, 0) is 23.6 Å². The zero-order valence-corrected chi connectivity index (χ0v) is 12.7. The van der Waals surface area contributed by atoms with E-state index in [4.69, 9.17) is 10.9 Å². The molecule has 4 heteroatoms. The highest BCUT2D eigenvalue weighted by Crippen LogP contribution is 2.37. The maximum Gasteiger partial charge on any atom is 0.153 e. The van der Waals surface area contributed by atoms with Crippen molar-refractivity contribution in [2.75, 3.05) is 6.54 Å².